The Morgan fingerprint density at radius 1 is 1.25 bits per heavy atom. The number of nitrogens with zero attached hydrogens (tertiary/aromatic N) is 2. The van der Waals surface area contributed by atoms with Crippen LogP contribution in [0.4, 0.5) is 0 Å². The second-order valence-electron chi connectivity index (χ2n) is 6.44. The van der Waals surface area contributed by atoms with Gasteiger partial charge in [0.2, 0.25) is 0 Å². The summed E-state index contributed by atoms with van der Waals surface area (Å²) in [5.74, 6) is 0. The van der Waals surface area contributed by atoms with Gasteiger partial charge in [0.1, 0.15) is 5.54 Å². The van der Waals surface area contributed by atoms with Gasteiger partial charge in [0.15, 0.2) is 0 Å². The smallest absolute Gasteiger partial charge is 0.106 e. The lowest BCUT2D eigenvalue weighted by Gasteiger charge is -2.39. The van der Waals surface area contributed by atoms with E-state index >= 15 is 0 Å². The first-order chi connectivity index (χ1) is 9.58. The second-order valence-corrected chi connectivity index (χ2v) is 6.44. The summed E-state index contributed by atoms with van der Waals surface area (Å²) in [6.45, 7) is 11.1. The van der Waals surface area contributed by atoms with Gasteiger partial charge in [-0.15, -0.1) is 0 Å². The molecule has 3 atom stereocenters. The van der Waals surface area contributed by atoms with Crippen LogP contribution in [0.2, 0.25) is 0 Å². The zero-order valence-corrected chi connectivity index (χ0v) is 13.9. The maximum absolute atomic E-state index is 9.52. The van der Waals surface area contributed by atoms with E-state index in [0.29, 0.717) is 12.1 Å². The van der Waals surface area contributed by atoms with Crippen molar-refractivity contribution < 1.29 is 0 Å². The molecule has 0 bridgehead atoms. The Morgan fingerprint density at radius 3 is 2.40 bits per heavy atom. The Kier molecular flexibility index (Phi) is 7.55. The molecule has 3 heteroatoms. The summed E-state index contributed by atoms with van der Waals surface area (Å²) in [5, 5.41) is 13.0. The normalized spacial score (nSPS) is 26.9. The van der Waals surface area contributed by atoms with E-state index in [1.165, 1.54) is 19.3 Å². The van der Waals surface area contributed by atoms with Crippen molar-refractivity contribution in [1.29, 1.82) is 5.26 Å². The molecular weight excluding hydrogens is 246 g/mol. The first-order valence-corrected chi connectivity index (χ1v) is 8.50. The predicted octanol–water partition coefficient (Wildman–Crippen LogP) is 3.70. The molecule has 0 saturated carbocycles. The van der Waals surface area contributed by atoms with E-state index in [2.05, 4.69) is 44.0 Å². The van der Waals surface area contributed by atoms with Gasteiger partial charge >= 0.3 is 0 Å². The van der Waals surface area contributed by atoms with Crippen LogP contribution in [0.15, 0.2) is 0 Å². The zero-order valence-electron chi connectivity index (χ0n) is 13.9. The molecule has 0 aromatic rings. The van der Waals surface area contributed by atoms with Crippen molar-refractivity contribution in [2.75, 3.05) is 13.1 Å². The Hall–Kier alpha value is -0.590. The zero-order chi connectivity index (χ0) is 15.0. The van der Waals surface area contributed by atoms with E-state index in [1.54, 1.807) is 0 Å². The van der Waals surface area contributed by atoms with Crippen LogP contribution < -0.4 is 5.32 Å². The lowest BCUT2D eigenvalue weighted by molar-refractivity contribution is 0.0988. The summed E-state index contributed by atoms with van der Waals surface area (Å²) in [6.07, 6.45) is 8.10. The van der Waals surface area contributed by atoms with Crippen molar-refractivity contribution in [3.05, 3.63) is 0 Å². The van der Waals surface area contributed by atoms with Crippen LogP contribution in [0.3, 0.4) is 0 Å². The van der Waals surface area contributed by atoms with Gasteiger partial charge in [-0.3, -0.25) is 10.2 Å². The quantitative estimate of drug-likeness (QED) is 0.736. The first kappa shape index (κ1) is 17.5. The highest BCUT2D eigenvalue weighted by atomic mass is 15.2. The summed E-state index contributed by atoms with van der Waals surface area (Å²) in [6, 6.07) is 3.95. The summed E-state index contributed by atoms with van der Waals surface area (Å²) >= 11 is 0. The van der Waals surface area contributed by atoms with Gasteiger partial charge in [-0.1, -0.05) is 20.3 Å². The lowest BCUT2D eigenvalue weighted by atomic mass is 9.90. The van der Waals surface area contributed by atoms with Crippen LogP contribution in [0, 0.1) is 11.3 Å². The maximum Gasteiger partial charge on any atom is 0.106 e. The van der Waals surface area contributed by atoms with E-state index < -0.39 is 0 Å². The lowest BCUT2D eigenvalue weighted by Crippen LogP contribution is -2.47. The molecule has 0 aliphatic carbocycles. The molecule has 20 heavy (non-hydrogen) atoms. The molecule has 1 aliphatic rings. The molecule has 116 valence electrons. The van der Waals surface area contributed by atoms with Crippen molar-refractivity contribution in [1.82, 2.24) is 10.2 Å². The average molecular weight is 279 g/mol. The highest BCUT2D eigenvalue weighted by molar-refractivity contribution is 5.06. The summed E-state index contributed by atoms with van der Waals surface area (Å²) in [7, 11) is 0. The largest absolute Gasteiger partial charge is 0.299 e. The van der Waals surface area contributed by atoms with Crippen molar-refractivity contribution in [2.45, 2.75) is 90.3 Å². The van der Waals surface area contributed by atoms with Crippen LogP contribution in [0.25, 0.3) is 0 Å². The topological polar surface area (TPSA) is 39.1 Å². The Labute approximate surface area is 125 Å². The molecule has 0 aromatic heterocycles. The maximum atomic E-state index is 9.52. The van der Waals surface area contributed by atoms with Gasteiger partial charge in [0, 0.05) is 12.1 Å². The molecule has 3 nitrogen and oxygen atoms in total. The Balaban J connectivity index is 2.45. The first-order valence-electron chi connectivity index (χ1n) is 8.50. The third kappa shape index (κ3) is 4.75. The van der Waals surface area contributed by atoms with Crippen molar-refractivity contribution in [3.63, 3.8) is 0 Å². The van der Waals surface area contributed by atoms with Gasteiger partial charge in [-0.2, -0.15) is 5.26 Å². The summed E-state index contributed by atoms with van der Waals surface area (Å²) < 4.78 is 0. The Morgan fingerprint density at radius 2 is 1.90 bits per heavy atom. The fourth-order valence-corrected chi connectivity index (χ4v) is 3.41. The molecule has 1 saturated heterocycles. The summed E-state index contributed by atoms with van der Waals surface area (Å²) in [5.41, 5.74) is -0.307. The molecule has 1 unspecified atom stereocenters. The third-order valence-corrected chi connectivity index (χ3v) is 4.93. The molecule has 1 heterocycles. The van der Waals surface area contributed by atoms with Crippen LogP contribution in [-0.4, -0.2) is 35.6 Å². The SMILES string of the molecule is CCCNC(C#N)(CC)CCCN1[C@H](C)CCC[C@@H]1C. The second kappa shape index (κ2) is 8.64. The molecule has 0 aromatic carbocycles. The standard InChI is InChI=1S/C17H33N3/c1-5-12-19-17(6-2,14-18)11-8-13-20-15(3)9-7-10-16(20)4/h15-16,19H,5-13H2,1-4H3/t15-,16+,17?. The third-order valence-electron chi connectivity index (χ3n) is 4.93. The van der Waals surface area contributed by atoms with Crippen molar-refractivity contribution >= 4 is 0 Å². The van der Waals surface area contributed by atoms with Gasteiger partial charge < -0.3 is 0 Å². The molecular formula is C17H33N3. The van der Waals surface area contributed by atoms with Crippen LogP contribution in [0.1, 0.15) is 72.6 Å². The highest BCUT2D eigenvalue weighted by Crippen LogP contribution is 2.24. The minimum atomic E-state index is -0.307. The van der Waals surface area contributed by atoms with Crippen molar-refractivity contribution in [3.8, 4) is 6.07 Å². The molecule has 0 amide bonds. The monoisotopic (exact) mass is 279 g/mol. The molecule has 1 fully saturated rings. The van der Waals surface area contributed by atoms with Crippen molar-refractivity contribution in [2.24, 2.45) is 0 Å². The van der Waals surface area contributed by atoms with E-state index in [9.17, 15) is 5.26 Å². The Bertz CT molecular complexity index is 300. The predicted molar refractivity (Wildman–Crippen MR) is 85.6 cm³/mol. The van der Waals surface area contributed by atoms with Gasteiger partial charge in [0.05, 0.1) is 6.07 Å². The van der Waals surface area contributed by atoms with Crippen LogP contribution in [-0.2, 0) is 0 Å². The van der Waals surface area contributed by atoms with E-state index in [4.69, 9.17) is 0 Å². The van der Waals surface area contributed by atoms with Crippen LogP contribution >= 0.6 is 0 Å². The molecule has 1 rings (SSSR count). The van der Waals surface area contributed by atoms with Crippen LogP contribution in [0.5, 0.6) is 0 Å². The number of hydrogen-bond acceptors (Lipinski definition) is 3. The number of nitriles is 1. The number of rotatable bonds is 8. The fourth-order valence-electron chi connectivity index (χ4n) is 3.41. The number of nitrogens with one attached hydrogen (secondary N) is 1. The highest BCUT2D eigenvalue weighted by Gasteiger charge is 2.28. The molecule has 1 aliphatic heterocycles. The van der Waals surface area contributed by atoms with Gasteiger partial charge in [-0.05, 0) is 65.5 Å². The van der Waals surface area contributed by atoms with Gasteiger partial charge in [-0.25, -0.2) is 0 Å². The average Bonchev–Trinajstić information content (AvgIpc) is 2.46. The van der Waals surface area contributed by atoms with E-state index in [-0.39, 0.29) is 5.54 Å². The van der Waals surface area contributed by atoms with E-state index in [1.807, 2.05) is 0 Å². The molecule has 0 spiro atoms. The molecule has 1 N–H and O–H groups in total. The molecule has 0 radical (unpaired) electrons. The number of piperidine rings is 1. The minimum Gasteiger partial charge on any atom is -0.299 e. The minimum absolute atomic E-state index is 0.307. The number of likely N-dealkylation sites (tertiary alicyclic amines) is 1. The number of hydrogen-bond donors (Lipinski definition) is 1. The van der Waals surface area contributed by atoms with Gasteiger partial charge in [0.25, 0.3) is 0 Å². The van der Waals surface area contributed by atoms with E-state index in [0.717, 1.165) is 38.8 Å². The summed E-state index contributed by atoms with van der Waals surface area (Å²) in [4.78, 5) is 2.64. The fraction of sp³-hybridized carbons (Fsp3) is 0.941.